The van der Waals surface area contributed by atoms with Crippen molar-refractivity contribution in [2.24, 2.45) is 5.92 Å². The summed E-state index contributed by atoms with van der Waals surface area (Å²) >= 11 is 16.2. The van der Waals surface area contributed by atoms with Crippen LogP contribution in [0.3, 0.4) is 0 Å². The molecule has 1 aliphatic rings. The number of carbonyl (C=O) groups is 2. The fraction of sp³-hybridized carbons (Fsp3) is 0.444. The van der Waals surface area contributed by atoms with Gasteiger partial charge in [-0.15, -0.1) is 0 Å². The highest BCUT2D eigenvalue weighted by molar-refractivity contribution is 9.10. The van der Waals surface area contributed by atoms with Crippen molar-refractivity contribution in [2.45, 2.75) is 77.2 Å². The molecule has 10 heteroatoms. The molecule has 4 rings (SSSR count). The number of ether oxygens (including phenoxy) is 2. The van der Waals surface area contributed by atoms with Gasteiger partial charge >= 0.3 is 11.9 Å². The molecule has 3 aromatic rings. The maximum absolute atomic E-state index is 13.0. The van der Waals surface area contributed by atoms with Crippen LogP contribution in [0.1, 0.15) is 92.2 Å². The molecule has 0 amide bonds. The number of unbranched alkanes of at least 4 members (excludes halogenated alkanes) is 3. The number of esters is 2. The molecule has 1 atom stereocenters. The molecule has 0 spiro atoms. The van der Waals surface area contributed by atoms with Gasteiger partial charge < -0.3 is 25.8 Å². The van der Waals surface area contributed by atoms with E-state index in [9.17, 15) is 9.59 Å². The first-order valence-corrected chi connectivity index (χ1v) is 17.8. The van der Waals surface area contributed by atoms with Crippen LogP contribution in [0.4, 0.5) is 17.1 Å². The third-order valence-corrected chi connectivity index (χ3v) is 9.67. The number of nitrogens with one attached hydrogen (secondary N) is 2. The van der Waals surface area contributed by atoms with Gasteiger partial charge in [0.25, 0.3) is 0 Å². The van der Waals surface area contributed by atoms with Gasteiger partial charge in [-0.2, -0.15) is 0 Å². The molecule has 3 aromatic carbocycles. The maximum atomic E-state index is 13.0. The largest absolute Gasteiger partial charge is 0.465 e. The van der Waals surface area contributed by atoms with Crippen LogP contribution in [0.25, 0.3) is 0 Å². The highest BCUT2D eigenvalue weighted by atomic mass is 79.9. The first-order valence-electron chi connectivity index (χ1n) is 16.2. The first kappa shape index (κ1) is 36.1. The number of hydrogen-bond donors (Lipinski definition) is 3. The van der Waals surface area contributed by atoms with Crippen molar-refractivity contribution in [1.29, 1.82) is 0 Å². The minimum Gasteiger partial charge on any atom is -0.465 e. The quantitative estimate of drug-likeness (QED) is 0.0766. The van der Waals surface area contributed by atoms with E-state index in [0.717, 1.165) is 66.4 Å². The topological polar surface area (TPSA) is 103 Å². The number of nitrogen functional groups attached to an aromatic ring is 1. The molecule has 0 bridgehead atoms. The zero-order valence-electron chi connectivity index (χ0n) is 26.4. The van der Waals surface area contributed by atoms with Gasteiger partial charge in [-0.25, -0.2) is 4.79 Å². The Morgan fingerprint density at radius 3 is 2.30 bits per heavy atom. The van der Waals surface area contributed by atoms with Crippen LogP contribution >= 0.6 is 39.1 Å². The highest BCUT2D eigenvalue weighted by Gasteiger charge is 2.28. The molecule has 46 heavy (non-hydrogen) atoms. The molecule has 248 valence electrons. The molecule has 1 saturated carbocycles. The van der Waals surface area contributed by atoms with Gasteiger partial charge in [-0.05, 0) is 108 Å². The lowest BCUT2D eigenvalue weighted by Gasteiger charge is -2.32. The van der Waals surface area contributed by atoms with Gasteiger partial charge in [0.15, 0.2) is 0 Å². The average molecular weight is 734 g/mol. The Balaban J connectivity index is 1.17. The second-order valence-electron chi connectivity index (χ2n) is 11.7. The Morgan fingerprint density at radius 2 is 1.61 bits per heavy atom. The van der Waals surface area contributed by atoms with Crippen LogP contribution < -0.4 is 16.4 Å². The van der Waals surface area contributed by atoms with Crippen molar-refractivity contribution in [1.82, 2.24) is 5.32 Å². The van der Waals surface area contributed by atoms with E-state index in [1.54, 1.807) is 24.3 Å². The molecule has 0 radical (unpaired) electrons. The Morgan fingerprint density at radius 1 is 0.935 bits per heavy atom. The Kier molecular flexibility index (Phi) is 14.5. The van der Waals surface area contributed by atoms with Crippen molar-refractivity contribution in [3.8, 4) is 0 Å². The molecule has 0 aliphatic heterocycles. The van der Waals surface area contributed by atoms with E-state index in [2.05, 4.69) is 33.5 Å². The van der Waals surface area contributed by atoms with Gasteiger partial charge in [-0.1, -0.05) is 73.7 Å². The summed E-state index contributed by atoms with van der Waals surface area (Å²) in [6.45, 7) is 3.59. The maximum Gasteiger partial charge on any atom is 0.338 e. The average Bonchev–Trinajstić information content (AvgIpc) is 3.05. The number of carbonyl (C=O) groups excluding carboxylic acids is 2. The van der Waals surface area contributed by atoms with E-state index in [-0.39, 0.29) is 24.4 Å². The minimum absolute atomic E-state index is 0.113. The number of nitrogens with two attached hydrogens (primary N) is 1. The van der Waals surface area contributed by atoms with Gasteiger partial charge in [-0.3, -0.25) is 4.79 Å². The summed E-state index contributed by atoms with van der Waals surface area (Å²) in [5, 5.41) is 7.85. The van der Waals surface area contributed by atoms with Crippen LogP contribution in [0.5, 0.6) is 0 Å². The lowest BCUT2D eigenvalue weighted by molar-refractivity contribution is -0.142. The van der Waals surface area contributed by atoms with Crippen molar-refractivity contribution in [3.05, 3.63) is 85.8 Å². The Hall–Kier alpha value is -2.78. The van der Waals surface area contributed by atoms with Gasteiger partial charge in [0.05, 0.1) is 46.6 Å². The van der Waals surface area contributed by atoms with E-state index in [1.165, 1.54) is 19.3 Å². The molecular weight excluding hydrogens is 689 g/mol. The van der Waals surface area contributed by atoms with Crippen molar-refractivity contribution in [2.75, 3.05) is 30.8 Å². The monoisotopic (exact) mass is 731 g/mol. The number of halogens is 3. The summed E-state index contributed by atoms with van der Waals surface area (Å²) in [5.41, 5.74) is 10.8. The van der Waals surface area contributed by atoms with E-state index in [4.69, 9.17) is 38.4 Å². The zero-order valence-corrected chi connectivity index (χ0v) is 29.5. The second-order valence-corrected chi connectivity index (χ2v) is 13.4. The molecule has 4 N–H and O–H groups in total. The van der Waals surface area contributed by atoms with Crippen LogP contribution in [0, 0.1) is 5.92 Å². The molecule has 7 nitrogen and oxygen atoms in total. The molecule has 0 saturated heterocycles. The second kappa shape index (κ2) is 18.5. The lowest BCUT2D eigenvalue weighted by Crippen LogP contribution is -2.30. The molecule has 1 aliphatic carbocycles. The van der Waals surface area contributed by atoms with E-state index in [1.807, 2.05) is 30.3 Å². The van der Waals surface area contributed by atoms with Gasteiger partial charge in [0.1, 0.15) is 0 Å². The van der Waals surface area contributed by atoms with Gasteiger partial charge in [0.2, 0.25) is 0 Å². The van der Waals surface area contributed by atoms with Crippen LogP contribution in [-0.4, -0.2) is 31.7 Å². The minimum atomic E-state index is -0.346. The smallest absolute Gasteiger partial charge is 0.338 e. The molecular formula is C36H44BrCl2N3O4. The third-order valence-electron chi connectivity index (χ3n) is 8.39. The summed E-state index contributed by atoms with van der Waals surface area (Å²) in [6, 6.07) is 16.5. The number of hydrogen-bond acceptors (Lipinski definition) is 7. The lowest BCUT2D eigenvalue weighted by atomic mass is 9.80. The molecule has 0 aromatic heterocycles. The summed E-state index contributed by atoms with van der Waals surface area (Å²) in [4.78, 5) is 25.5. The fourth-order valence-electron chi connectivity index (χ4n) is 5.98. The summed E-state index contributed by atoms with van der Waals surface area (Å²) in [5.74, 6) is -0.149. The van der Waals surface area contributed by atoms with Crippen LogP contribution in [0.2, 0.25) is 10.0 Å². The van der Waals surface area contributed by atoms with Crippen molar-refractivity contribution < 1.29 is 19.1 Å². The summed E-state index contributed by atoms with van der Waals surface area (Å²) in [6.07, 6.45) is 9.36. The normalized spacial score (nSPS) is 14.1. The Labute approximate surface area is 291 Å². The van der Waals surface area contributed by atoms with Crippen molar-refractivity contribution in [3.63, 3.8) is 0 Å². The predicted octanol–water partition coefficient (Wildman–Crippen LogP) is 9.82. The van der Waals surface area contributed by atoms with E-state index in [0.29, 0.717) is 46.1 Å². The standard InChI is InChI=1S/C36H44BrCl2N3O4/c1-2-41-34(24-13-6-5-7-14-24)27-21-26(22-28(37)33(27)40)36(44)46-20-11-4-3-10-19-45-32(43)23-25-15-8-9-18-31(25)42-35-29(38)16-12-17-30(35)39/h8-9,12,15-18,21-22,24,34,41-42H,2-7,10-11,13-14,19-20,23,40H2,1H3. The molecule has 0 heterocycles. The van der Waals surface area contributed by atoms with Crippen molar-refractivity contribution >= 4 is 68.1 Å². The molecule has 1 fully saturated rings. The summed E-state index contributed by atoms with van der Waals surface area (Å²) in [7, 11) is 0. The van der Waals surface area contributed by atoms with Gasteiger partial charge in [0, 0.05) is 16.2 Å². The number of para-hydroxylation sites is 2. The predicted molar refractivity (Wildman–Crippen MR) is 191 cm³/mol. The highest BCUT2D eigenvalue weighted by Crippen LogP contribution is 2.39. The Bertz CT molecular complexity index is 1440. The number of benzene rings is 3. The zero-order chi connectivity index (χ0) is 32.9. The first-order chi connectivity index (χ1) is 22.3. The number of rotatable bonds is 16. The van der Waals surface area contributed by atoms with Crippen LogP contribution in [-0.2, 0) is 20.7 Å². The summed E-state index contributed by atoms with van der Waals surface area (Å²) < 4.78 is 11.8. The SMILES string of the molecule is CCNC(c1cc(C(=O)OCCCCCCOC(=O)Cc2ccccc2Nc2c(Cl)cccc2Cl)cc(Br)c1N)C1CCCCC1. The van der Waals surface area contributed by atoms with E-state index < -0.39 is 0 Å². The fourth-order valence-corrected chi connectivity index (χ4v) is 6.95. The van der Waals surface area contributed by atoms with Crippen LogP contribution in [0.15, 0.2) is 59.1 Å². The molecule has 1 unspecified atom stereocenters. The third kappa shape index (κ3) is 10.4. The number of anilines is 3. The van der Waals surface area contributed by atoms with E-state index >= 15 is 0 Å².